The molecule has 132 valence electrons. The number of hydrogen-bond acceptors (Lipinski definition) is 3. The van der Waals surface area contributed by atoms with Crippen molar-refractivity contribution in [2.75, 3.05) is 31.6 Å². The smallest absolute Gasteiger partial charge is 0.191 e. The van der Waals surface area contributed by atoms with Gasteiger partial charge in [-0.2, -0.15) is 0 Å². The van der Waals surface area contributed by atoms with Crippen molar-refractivity contribution in [1.82, 2.24) is 10.6 Å². The average molecular weight is 457 g/mol. The molecule has 1 aromatic carbocycles. The maximum absolute atomic E-state index is 13.0. The van der Waals surface area contributed by atoms with Gasteiger partial charge in [0.05, 0.1) is 5.75 Å². The lowest BCUT2D eigenvalue weighted by Crippen LogP contribution is -2.40. The van der Waals surface area contributed by atoms with Gasteiger partial charge < -0.3 is 10.6 Å². The summed E-state index contributed by atoms with van der Waals surface area (Å²) in [6.07, 6.45) is 0.736. The Morgan fingerprint density at radius 3 is 2.48 bits per heavy atom. The molecule has 0 atom stereocenters. The molecule has 5 nitrogen and oxygen atoms in total. The van der Waals surface area contributed by atoms with E-state index in [9.17, 15) is 12.8 Å². The Labute approximate surface area is 155 Å². The Morgan fingerprint density at radius 2 is 1.91 bits per heavy atom. The summed E-state index contributed by atoms with van der Waals surface area (Å²) in [4.78, 5) is 4.04. The highest BCUT2D eigenvalue weighted by molar-refractivity contribution is 14.0. The third-order valence-electron chi connectivity index (χ3n) is 3.36. The van der Waals surface area contributed by atoms with E-state index in [1.54, 1.807) is 20.0 Å². The number of aliphatic imine (C=N–C) groups is 1. The van der Waals surface area contributed by atoms with E-state index < -0.39 is 9.84 Å². The summed E-state index contributed by atoms with van der Waals surface area (Å²) in [6, 6.07) is 4.74. The summed E-state index contributed by atoms with van der Waals surface area (Å²) in [5.41, 5.74) is 1.98. The number of aryl methyl sites for hydroxylation is 1. The highest BCUT2D eigenvalue weighted by atomic mass is 127. The molecule has 0 fully saturated rings. The topological polar surface area (TPSA) is 70.6 Å². The van der Waals surface area contributed by atoms with Gasteiger partial charge >= 0.3 is 0 Å². The number of sulfone groups is 1. The molecule has 0 unspecified atom stereocenters. The molecule has 0 radical (unpaired) electrons. The zero-order valence-electron chi connectivity index (χ0n) is 13.7. The van der Waals surface area contributed by atoms with Gasteiger partial charge in [-0.15, -0.1) is 24.0 Å². The van der Waals surface area contributed by atoms with Gasteiger partial charge in [-0.3, -0.25) is 4.99 Å². The van der Waals surface area contributed by atoms with E-state index in [0.29, 0.717) is 19.0 Å². The monoisotopic (exact) mass is 457 g/mol. The highest BCUT2D eigenvalue weighted by Gasteiger charge is 2.07. The molecule has 0 amide bonds. The molecule has 8 heteroatoms. The van der Waals surface area contributed by atoms with Gasteiger partial charge in [-0.05, 0) is 36.6 Å². The molecular formula is C15H25FIN3O2S. The molecule has 0 saturated heterocycles. The number of hydrogen-bond donors (Lipinski definition) is 2. The third kappa shape index (κ3) is 8.50. The zero-order chi connectivity index (χ0) is 16.6. The van der Waals surface area contributed by atoms with E-state index in [-0.39, 0.29) is 41.3 Å². The molecule has 23 heavy (non-hydrogen) atoms. The number of nitrogens with zero attached hydrogens (tertiary/aromatic N) is 1. The van der Waals surface area contributed by atoms with Crippen LogP contribution in [-0.4, -0.2) is 46.0 Å². The molecule has 1 rings (SSSR count). The Kier molecular flexibility index (Phi) is 10.4. The quantitative estimate of drug-likeness (QED) is 0.373. The van der Waals surface area contributed by atoms with Crippen LogP contribution in [0.5, 0.6) is 0 Å². The molecule has 0 aromatic heterocycles. The standard InChI is InChI=1S/C15H24FN3O2S.HI/c1-4-22(20,21)10-9-19-15(17-3)18-8-7-13-5-6-14(16)11-12(13)2;/h5-6,11H,4,7-10H2,1-3H3,(H2,17,18,19);1H. The second kappa shape index (κ2) is 10.8. The lowest BCUT2D eigenvalue weighted by Gasteiger charge is -2.12. The van der Waals surface area contributed by atoms with Crippen LogP contribution in [0.1, 0.15) is 18.1 Å². The van der Waals surface area contributed by atoms with Crippen LogP contribution in [-0.2, 0) is 16.3 Å². The van der Waals surface area contributed by atoms with Gasteiger partial charge in [-0.1, -0.05) is 13.0 Å². The van der Waals surface area contributed by atoms with Gasteiger partial charge in [0.1, 0.15) is 5.82 Å². The zero-order valence-corrected chi connectivity index (χ0v) is 16.9. The van der Waals surface area contributed by atoms with Gasteiger partial charge in [0, 0.05) is 25.9 Å². The van der Waals surface area contributed by atoms with Crippen molar-refractivity contribution < 1.29 is 12.8 Å². The largest absolute Gasteiger partial charge is 0.356 e. The van der Waals surface area contributed by atoms with Gasteiger partial charge in [0.25, 0.3) is 0 Å². The van der Waals surface area contributed by atoms with Crippen LogP contribution in [0.15, 0.2) is 23.2 Å². The predicted octanol–water partition coefficient (Wildman–Crippen LogP) is 1.89. The molecule has 0 aliphatic rings. The summed E-state index contributed by atoms with van der Waals surface area (Å²) in [6.45, 7) is 4.46. The van der Waals surface area contributed by atoms with Crippen molar-refractivity contribution in [2.24, 2.45) is 4.99 Å². The molecule has 0 aliphatic heterocycles. The van der Waals surface area contributed by atoms with Crippen LogP contribution in [0.3, 0.4) is 0 Å². The minimum absolute atomic E-state index is 0. The summed E-state index contributed by atoms with van der Waals surface area (Å²) in [5.74, 6) is 0.557. The normalized spacial score (nSPS) is 11.7. The van der Waals surface area contributed by atoms with E-state index >= 15 is 0 Å². The first-order valence-electron chi connectivity index (χ1n) is 7.28. The number of benzene rings is 1. The number of rotatable bonds is 7. The SMILES string of the molecule is CCS(=O)(=O)CCNC(=NC)NCCc1ccc(F)cc1C.I. The Balaban J connectivity index is 0.00000484. The highest BCUT2D eigenvalue weighted by Crippen LogP contribution is 2.10. The maximum atomic E-state index is 13.0. The average Bonchev–Trinajstić information content (AvgIpc) is 2.47. The first-order valence-corrected chi connectivity index (χ1v) is 9.10. The van der Waals surface area contributed by atoms with Crippen molar-refractivity contribution in [2.45, 2.75) is 20.3 Å². The summed E-state index contributed by atoms with van der Waals surface area (Å²) >= 11 is 0. The van der Waals surface area contributed by atoms with Crippen LogP contribution in [0.4, 0.5) is 4.39 Å². The maximum Gasteiger partial charge on any atom is 0.191 e. The van der Waals surface area contributed by atoms with Crippen LogP contribution in [0.25, 0.3) is 0 Å². The first kappa shape index (κ1) is 22.1. The summed E-state index contributed by atoms with van der Waals surface area (Å²) < 4.78 is 35.8. The van der Waals surface area contributed by atoms with Crippen LogP contribution >= 0.6 is 24.0 Å². The third-order valence-corrected chi connectivity index (χ3v) is 5.07. The molecule has 2 N–H and O–H groups in total. The molecular weight excluding hydrogens is 432 g/mol. The van der Waals surface area contributed by atoms with Gasteiger partial charge in [-0.25, -0.2) is 12.8 Å². The van der Waals surface area contributed by atoms with Crippen LogP contribution in [0.2, 0.25) is 0 Å². The molecule has 0 saturated carbocycles. The predicted molar refractivity (Wildman–Crippen MR) is 104 cm³/mol. The summed E-state index contributed by atoms with van der Waals surface area (Å²) in [5, 5.41) is 6.08. The molecule has 0 spiro atoms. The van der Waals surface area contributed by atoms with E-state index in [1.807, 2.05) is 6.92 Å². The summed E-state index contributed by atoms with van der Waals surface area (Å²) in [7, 11) is -1.35. The number of halogens is 2. The van der Waals surface area contributed by atoms with Crippen molar-refractivity contribution in [3.8, 4) is 0 Å². The Hall–Kier alpha value is -0.900. The lowest BCUT2D eigenvalue weighted by atomic mass is 10.1. The molecule has 1 aromatic rings. The minimum Gasteiger partial charge on any atom is -0.356 e. The van der Waals surface area contributed by atoms with E-state index in [2.05, 4.69) is 15.6 Å². The fraction of sp³-hybridized carbons (Fsp3) is 0.533. The lowest BCUT2D eigenvalue weighted by molar-refractivity contribution is 0.595. The van der Waals surface area contributed by atoms with Gasteiger partial charge in [0.2, 0.25) is 0 Å². The van der Waals surface area contributed by atoms with Crippen molar-refractivity contribution >= 4 is 39.8 Å². The minimum atomic E-state index is -2.98. The Morgan fingerprint density at radius 1 is 1.26 bits per heavy atom. The number of nitrogens with one attached hydrogen (secondary N) is 2. The molecule has 0 heterocycles. The van der Waals surface area contributed by atoms with Crippen LogP contribution in [0, 0.1) is 12.7 Å². The fourth-order valence-electron chi connectivity index (χ4n) is 1.95. The molecule has 0 aliphatic carbocycles. The van der Waals surface area contributed by atoms with E-state index in [1.165, 1.54) is 12.1 Å². The van der Waals surface area contributed by atoms with Crippen molar-refractivity contribution in [3.05, 3.63) is 35.1 Å². The van der Waals surface area contributed by atoms with E-state index in [0.717, 1.165) is 17.5 Å². The van der Waals surface area contributed by atoms with Gasteiger partial charge in [0.15, 0.2) is 15.8 Å². The fourth-order valence-corrected chi connectivity index (χ4v) is 2.65. The Bertz CT molecular complexity index is 621. The van der Waals surface area contributed by atoms with Crippen LogP contribution < -0.4 is 10.6 Å². The molecule has 0 bridgehead atoms. The van der Waals surface area contributed by atoms with E-state index in [4.69, 9.17) is 0 Å². The van der Waals surface area contributed by atoms with Crippen molar-refractivity contribution in [3.63, 3.8) is 0 Å². The number of guanidine groups is 1. The first-order chi connectivity index (χ1) is 10.4. The van der Waals surface area contributed by atoms with Crippen molar-refractivity contribution in [1.29, 1.82) is 0 Å². The second-order valence-electron chi connectivity index (χ2n) is 4.98. The second-order valence-corrected chi connectivity index (χ2v) is 7.46.